The highest BCUT2D eigenvalue weighted by molar-refractivity contribution is 5.99. The molecule has 3 aromatic rings. The Kier molecular flexibility index (Phi) is 6.19. The number of fused-ring (bicyclic) bond motifs is 1. The van der Waals surface area contributed by atoms with E-state index in [4.69, 9.17) is 14.6 Å². The second kappa shape index (κ2) is 9.18. The lowest BCUT2D eigenvalue weighted by atomic mass is 10.0. The first-order valence-corrected chi connectivity index (χ1v) is 10.5. The van der Waals surface area contributed by atoms with Gasteiger partial charge in [0.25, 0.3) is 0 Å². The highest BCUT2D eigenvalue weighted by Crippen LogP contribution is 2.27. The number of quaternary nitrogens is 1. The van der Waals surface area contributed by atoms with Crippen LogP contribution >= 0.6 is 0 Å². The second-order valence-corrected chi connectivity index (χ2v) is 7.77. The minimum Gasteiger partial charge on any atom is -0.493 e. The number of hydrogen-bond donors (Lipinski definition) is 1. The molecule has 156 valence electrons. The third-order valence-corrected chi connectivity index (χ3v) is 5.86. The number of piperazine rings is 1. The van der Waals surface area contributed by atoms with Crippen LogP contribution in [-0.4, -0.2) is 51.1 Å². The first-order chi connectivity index (χ1) is 14.7. The van der Waals surface area contributed by atoms with Crippen LogP contribution in [0, 0.1) is 0 Å². The third kappa shape index (κ3) is 4.41. The summed E-state index contributed by atoms with van der Waals surface area (Å²) in [6.45, 7) is 7.22. The van der Waals surface area contributed by atoms with E-state index in [0.717, 1.165) is 55.5 Å². The molecule has 30 heavy (non-hydrogen) atoms. The number of ether oxygens (including phenoxy) is 2. The van der Waals surface area contributed by atoms with Gasteiger partial charge in [0.2, 0.25) is 0 Å². The van der Waals surface area contributed by atoms with Crippen molar-refractivity contribution in [2.45, 2.75) is 13.5 Å². The van der Waals surface area contributed by atoms with E-state index in [0.29, 0.717) is 0 Å². The quantitative estimate of drug-likeness (QED) is 0.642. The number of hydrazone groups is 1. The Balaban J connectivity index is 1.39. The lowest BCUT2D eigenvalue weighted by Gasteiger charge is -2.31. The molecule has 1 heterocycles. The molecule has 0 saturated carbocycles. The summed E-state index contributed by atoms with van der Waals surface area (Å²) in [5, 5.41) is 9.76. The van der Waals surface area contributed by atoms with Gasteiger partial charge >= 0.3 is 0 Å². The van der Waals surface area contributed by atoms with Crippen molar-refractivity contribution in [3.05, 3.63) is 71.8 Å². The summed E-state index contributed by atoms with van der Waals surface area (Å²) >= 11 is 0. The monoisotopic (exact) mass is 404 g/mol. The van der Waals surface area contributed by atoms with E-state index in [1.165, 1.54) is 16.3 Å². The van der Waals surface area contributed by atoms with E-state index >= 15 is 0 Å². The predicted molar refractivity (Wildman–Crippen MR) is 122 cm³/mol. The van der Waals surface area contributed by atoms with E-state index in [2.05, 4.69) is 54.4 Å². The molecule has 0 atom stereocenters. The lowest BCUT2D eigenvalue weighted by Crippen LogP contribution is -3.13. The molecule has 5 nitrogen and oxygen atoms in total. The molecule has 0 radical (unpaired) electrons. The van der Waals surface area contributed by atoms with Crippen LogP contribution in [0.3, 0.4) is 0 Å². The number of rotatable bonds is 6. The van der Waals surface area contributed by atoms with Crippen molar-refractivity contribution in [3.8, 4) is 11.5 Å². The van der Waals surface area contributed by atoms with Crippen LogP contribution < -0.4 is 14.4 Å². The Morgan fingerprint density at radius 3 is 2.43 bits per heavy atom. The van der Waals surface area contributed by atoms with Gasteiger partial charge in [-0.2, -0.15) is 5.10 Å². The van der Waals surface area contributed by atoms with Crippen molar-refractivity contribution in [2.75, 3.05) is 40.4 Å². The molecule has 0 unspecified atom stereocenters. The standard InChI is InChI=1S/C25H29N3O2/c1-19(21-11-12-24(29-2)25(17-21)30-3)26-28-15-13-27(14-16-28)18-22-9-6-8-20-7-4-5-10-23(20)22/h4-12,17H,13-16,18H2,1-3H3/p+1/b26-19+. The molecule has 1 saturated heterocycles. The van der Waals surface area contributed by atoms with E-state index in [-0.39, 0.29) is 0 Å². The van der Waals surface area contributed by atoms with Gasteiger partial charge in [-0.25, -0.2) is 0 Å². The molecule has 5 heteroatoms. The van der Waals surface area contributed by atoms with Gasteiger partial charge in [-0.1, -0.05) is 42.5 Å². The number of methoxy groups -OCH3 is 2. The molecular formula is C25H30N3O2+. The van der Waals surface area contributed by atoms with Crippen LogP contribution in [0.15, 0.2) is 65.8 Å². The van der Waals surface area contributed by atoms with E-state index < -0.39 is 0 Å². The van der Waals surface area contributed by atoms with Gasteiger partial charge in [-0.3, -0.25) is 5.01 Å². The van der Waals surface area contributed by atoms with Gasteiger partial charge in [0.15, 0.2) is 11.5 Å². The third-order valence-electron chi connectivity index (χ3n) is 5.86. The van der Waals surface area contributed by atoms with Crippen molar-refractivity contribution >= 4 is 16.5 Å². The van der Waals surface area contributed by atoms with Crippen LogP contribution in [0.2, 0.25) is 0 Å². The minimum absolute atomic E-state index is 0.730. The van der Waals surface area contributed by atoms with Gasteiger partial charge < -0.3 is 14.4 Å². The van der Waals surface area contributed by atoms with Gasteiger partial charge in [0.1, 0.15) is 6.54 Å². The zero-order chi connectivity index (χ0) is 20.9. The summed E-state index contributed by atoms with van der Waals surface area (Å²) in [4.78, 5) is 1.61. The summed E-state index contributed by atoms with van der Waals surface area (Å²) < 4.78 is 10.8. The first kappa shape index (κ1) is 20.2. The maximum Gasteiger partial charge on any atom is 0.161 e. The molecule has 1 aliphatic heterocycles. The maximum atomic E-state index is 5.42. The molecule has 4 rings (SSSR count). The molecule has 0 aromatic heterocycles. The fourth-order valence-corrected chi connectivity index (χ4v) is 4.14. The Morgan fingerprint density at radius 1 is 0.933 bits per heavy atom. The summed E-state index contributed by atoms with van der Waals surface area (Å²) in [6, 6.07) is 21.2. The molecular weight excluding hydrogens is 374 g/mol. The average Bonchev–Trinajstić information content (AvgIpc) is 2.80. The largest absolute Gasteiger partial charge is 0.493 e. The molecule has 0 amide bonds. The number of nitrogens with zero attached hydrogens (tertiary/aromatic N) is 2. The van der Waals surface area contributed by atoms with E-state index in [1.807, 2.05) is 18.2 Å². The Hall–Kier alpha value is -3.05. The van der Waals surface area contributed by atoms with Crippen LogP contribution in [0.5, 0.6) is 11.5 Å². The van der Waals surface area contributed by atoms with Crippen molar-refractivity contribution in [1.82, 2.24) is 5.01 Å². The van der Waals surface area contributed by atoms with Crippen molar-refractivity contribution < 1.29 is 14.4 Å². The van der Waals surface area contributed by atoms with Crippen molar-refractivity contribution in [3.63, 3.8) is 0 Å². The predicted octanol–water partition coefficient (Wildman–Crippen LogP) is 2.98. The first-order valence-electron chi connectivity index (χ1n) is 10.5. The SMILES string of the molecule is COc1ccc(/C(C)=N/N2CC[NH+](Cc3cccc4ccccc34)CC2)cc1OC. The van der Waals surface area contributed by atoms with Crippen LogP contribution in [-0.2, 0) is 6.54 Å². The summed E-state index contributed by atoms with van der Waals surface area (Å²) in [5.74, 6) is 1.47. The lowest BCUT2D eigenvalue weighted by molar-refractivity contribution is -0.918. The maximum absolute atomic E-state index is 5.42. The van der Waals surface area contributed by atoms with E-state index in [1.54, 1.807) is 19.1 Å². The van der Waals surface area contributed by atoms with E-state index in [9.17, 15) is 0 Å². The molecule has 0 aliphatic carbocycles. The molecule has 0 bridgehead atoms. The fourth-order valence-electron chi connectivity index (χ4n) is 4.14. The van der Waals surface area contributed by atoms with Gasteiger partial charge in [-0.05, 0) is 35.9 Å². The van der Waals surface area contributed by atoms with Gasteiger partial charge in [0, 0.05) is 11.1 Å². The van der Waals surface area contributed by atoms with Crippen LogP contribution in [0.1, 0.15) is 18.1 Å². The van der Waals surface area contributed by atoms with Crippen LogP contribution in [0.25, 0.3) is 10.8 Å². The highest BCUT2D eigenvalue weighted by atomic mass is 16.5. The molecule has 1 N–H and O–H groups in total. The zero-order valence-electron chi connectivity index (χ0n) is 18.0. The van der Waals surface area contributed by atoms with Gasteiger partial charge in [-0.15, -0.1) is 0 Å². The Morgan fingerprint density at radius 2 is 1.67 bits per heavy atom. The fraction of sp³-hybridized carbons (Fsp3) is 0.320. The second-order valence-electron chi connectivity index (χ2n) is 7.77. The molecule has 0 spiro atoms. The number of benzene rings is 3. The topological polar surface area (TPSA) is 38.5 Å². The molecule has 1 aliphatic rings. The minimum atomic E-state index is 0.730. The molecule has 3 aromatic carbocycles. The van der Waals surface area contributed by atoms with Crippen LogP contribution in [0.4, 0.5) is 0 Å². The average molecular weight is 405 g/mol. The Labute approximate surface area is 178 Å². The number of hydrogen-bond acceptors (Lipinski definition) is 4. The summed E-state index contributed by atoms with van der Waals surface area (Å²) in [5.41, 5.74) is 3.48. The van der Waals surface area contributed by atoms with Gasteiger partial charge in [0.05, 0.1) is 46.1 Å². The summed E-state index contributed by atoms with van der Waals surface area (Å²) in [7, 11) is 3.31. The zero-order valence-corrected chi connectivity index (χ0v) is 18.0. The highest BCUT2D eigenvalue weighted by Gasteiger charge is 2.20. The summed E-state index contributed by atoms with van der Waals surface area (Å²) in [6.07, 6.45) is 0. The smallest absolute Gasteiger partial charge is 0.161 e. The normalized spacial score (nSPS) is 15.4. The number of nitrogens with one attached hydrogen (secondary N) is 1. The van der Waals surface area contributed by atoms with Crippen molar-refractivity contribution in [2.24, 2.45) is 5.10 Å². The Bertz CT molecular complexity index is 1030. The van der Waals surface area contributed by atoms with Crippen molar-refractivity contribution in [1.29, 1.82) is 0 Å². The molecule has 1 fully saturated rings.